The largest absolute Gasteiger partial charge is 0.381 e. The smallest absolute Gasteiger partial charge is 0.129 e. The van der Waals surface area contributed by atoms with Crippen molar-refractivity contribution in [3.8, 4) is 6.07 Å². The van der Waals surface area contributed by atoms with E-state index in [1.807, 2.05) is 24.5 Å². The molecule has 5 heteroatoms. The van der Waals surface area contributed by atoms with Crippen molar-refractivity contribution in [2.75, 3.05) is 10.2 Å². The minimum absolute atomic E-state index is 0.530. The van der Waals surface area contributed by atoms with Crippen LogP contribution in [0, 0.1) is 11.3 Å². The van der Waals surface area contributed by atoms with E-state index in [0.717, 1.165) is 18.7 Å². The summed E-state index contributed by atoms with van der Waals surface area (Å²) in [5.74, 6) is 1.02. The maximum absolute atomic E-state index is 8.90. The fourth-order valence-electron chi connectivity index (χ4n) is 3.92. The van der Waals surface area contributed by atoms with Crippen LogP contribution in [0.25, 0.3) is 0 Å². The van der Waals surface area contributed by atoms with Gasteiger partial charge in [-0.3, -0.25) is 0 Å². The quantitative estimate of drug-likeness (QED) is 0.913. The molecule has 2 bridgehead atoms. The molecule has 4 heterocycles. The number of aromatic amines is 1. The van der Waals surface area contributed by atoms with Crippen LogP contribution in [0.5, 0.6) is 0 Å². The van der Waals surface area contributed by atoms with E-state index < -0.39 is 0 Å². The summed E-state index contributed by atoms with van der Waals surface area (Å²) in [7, 11) is 0. The molecule has 5 nitrogen and oxygen atoms in total. The highest BCUT2D eigenvalue weighted by Gasteiger charge is 2.41. The Morgan fingerprint density at radius 3 is 2.64 bits per heavy atom. The zero-order chi connectivity index (χ0) is 14.9. The molecule has 0 aromatic carbocycles. The number of nitrogens with one attached hydrogen (secondary N) is 2. The fraction of sp³-hybridized carbons (Fsp3) is 0.412. The number of anilines is 2. The van der Waals surface area contributed by atoms with E-state index in [1.54, 1.807) is 6.20 Å². The summed E-state index contributed by atoms with van der Waals surface area (Å²) >= 11 is 0. The Balaban J connectivity index is 1.49. The van der Waals surface area contributed by atoms with E-state index in [4.69, 9.17) is 5.26 Å². The molecule has 4 rings (SSSR count). The summed E-state index contributed by atoms with van der Waals surface area (Å²) in [6, 6.07) is 9.70. The van der Waals surface area contributed by atoms with Crippen molar-refractivity contribution in [1.82, 2.24) is 9.97 Å². The monoisotopic (exact) mass is 293 g/mol. The second kappa shape index (κ2) is 5.38. The van der Waals surface area contributed by atoms with Crippen molar-refractivity contribution in [2.45, 2.75) is 43.8 Å². The lowest BCUT2D eigenvalue weighted by Gasteiger charge is -2.40. The van der Waals surface area contributed by atoms with Crippen LogP contribution in [0.15, 0.2) is 36.8 Å². The molecule has 2 N–H and O–H groups in total. The maximum atomic E-state index is 8.90. The van der Waals surface area contributed by atoms with Crippen LogP contribution >= 0.6 is 0 Å². The maximum Gasteiger partial charge on any atom is 0.129 e. The van der Waals surface area contributed by atoms with Crippen LogP contribution in [0.1, 0.15) is 31.2 Å². The summed E-state index contributed by atoms with van der Waals surface area (Å²) in [6.45, 7) is 0. The second-order valence-corrected chi connectivity index (χ2v) is 6.22. The van der Waals surface area contributed by atoms with Gasteiger partial charge in [0.25, 0.3) is 0 Å². The van der Waals surface area contributed by atoms with Crippen LogP contribution < -0.4 is 10.2 Å². The van der Waals surface area contributed by atoms with E-state index in [0.29, 0.717) is 23.7 Å². The highest BCUT2D eigenvalue weighted by Crippen LogP contribution is 2.39. The number of rotatable bonds is 3. The van der Waals surface area contributed by atoms with Gasteiger partial charge in [-0.1, -0.05) is 0 Å². The number of fused-ring (bicyclic) bond motifs is 2. The normalized spacial score (nSPS) is 26.7. The first-order chi connectivity index (χ1) is 10.8. The van der Waals surface area contributed by atoms with Crippen molar-refractivity contribution >= 4 is 11.5 Å². The van der Waals surface area contributed by atoms with E-state index in [9.17, 15) is 0 Å². The Kier molecular flexibility index (Phi) is 3.23. The Morgan fingerprint density at radius 1 is 1.23 bits per heavy atom. The Labute approximate surface area is 130 Å². The lowest BCUT2D eigenvalue weighted by atomic mass is 9.97. The molecule has 2 atom stereocenters. The number of hydrogen-bond donors (Lipinski definition) is 2. The zero-order valence-electron chi connectivity index (χ0n) is 12.4. The molecule has 2 fully saturated rings. The average molecular weight is 293 g/mol. The number of nitriles is 1. The van der Waals surface area contributed by atoms with E-state index in [-0.39, 0.29) is 0 Å². The highest BCUT2D eigenvalue weighted by atomic mass is 15.3. The lowest BCUT2D eigenvalue weighted by Crippen LogP contribution is -2.47. The molecule has 2 aromatic rings. The Hall–Kier alpha value is -2.48. The SMILES string of the molecule is N#Cc1ccc(N2C3CCC2CC(Nc2cc[nH]c2)C3)nc1. The van der Waals surface area contributed by atoms with Crippen LogP contribution in [0.4, 0.5) is 11.5 Å². The zero-order valence-corrected chi connectivity index (χ0v) is 12.4. The van der Waals surface area contributed by atoms with E-state index >= 15 is 0 Å². The fourth-order valence-corrected chi connectivity index (χ4v) is 3.92. The molecule has 2 aromatic heterocycles. The van der Waals surface area contributed by atoms with Gasteiger partial charge in [-0.15, -0.1) is 0 Å². The third kappa shape index (κ3) is 2.31. The molecule has 112 valence electrons. The summed E-state index contributed by atoms with van der Waals surface area (Å²) in [5, 5.41) is 12.5. The Bertz CT molecular complexity index is 656. The lowest BCUT2D eigenvalue weighted by molar-refractivity contribution is 0.430. The molecule has 0 saturated carbocycles. The minimum atomic E-state index is 0.530. The van der Waals surface area contributed by atoms with Crippen molar-refractivity contribution in [1.29, 1.82) is 5.26 Å². The third-order valence-corrected chi connectivity index (χ3v) is 4.84. The standard InChI is InChI=1S/C17H19N5/c18-9-12-1-4-17(20-10-12)22-15-2-3-16(22)8-14(7-15)21-13-5-6-19-11-13/h1,4-6,10-11,14-16,19,21H,2-3,7-8H2. The number of hydrogen-bond acceptors (Lipinski definition) is 4. The molecule has 0 aliphatic carbocycles. The summed E-state index contributed by atoms with van der Waals surface area (Å²) in [4.78, 5) is 10.1. The molecule has 2 aliphatic heterocycles. The molecule has 0 amide bonds. The van der Waals surface area contributed by atoms with Crippen molar-refractivity contribution in [3.05, 3.63) is 42.4 Å². The van der Waals surface area contributed by atoms with Gasteiger partial charge in [0, 0.05) is 36.7 Å². The van der Waals surface area contributed by atoms with Crippen LogP contribution in [-0.2, 0) is 0 Å². The second-order valence-electron chi connectivity index (χ2n) is 6.22. The number of aromatic nitrogens is 2. The molecule has 2 saturated heterocycles. The van der Waals surface area contributed by atoms with Crippen molar-refractivity contribution in [3.63, 3.8) is 0 Å². The number of H-pyrrole nitrogens is 1. The topological polar surface area (TPSA) is 67.7 Å². The molecule has 0 radical (unpaired) electrons. The number of pyridine rings is 1. The van der Waals surface area contributed by atoms with Gasteiger partial charge in [-0.25, -0.2) is 4.98 Å². The van der Waals surface area contributed by atoms with Gasteiger partial charge in [0.1, 0.15) is 11.9 Å². The first kappa shape index (κ1) is 13.2. The van der Waals surface area contributed by atoms with E-state index in [1.165, 1.54) is 18.5 Å². The molecule has 2 unspecified atom stereocenters. The van der Waals surface area contributed by atoms with Gasteiger partial charge in [0.05, 0.1) is 11.3 Å². The average Bonchev–Trinajstić information content (AvgIpc) is 3.14. The van der Waals surface area contributed by atoms with Gasteiger partial charge < -0.3 is 15.2 Å². The molecule has 2 aliphatic rings. The molecule has 0 spiro atoms. The van der Waals surface area contributed by atoms with Crippen molar-refractivity contribution in [2.24, 2.45) is 0 Å². The predicted octanol–water partition coefficient (Wildman–Crippen LogP) is 2.89. The van der Waals surface area contributed by atoms with E-state index in [2.05, 4.69) is 32.3 Å². The van der Waals surface area contributed by atoms with Gasteiger partial charge >= 0.3 is 0 Å². The van der Waals surface area contributed by atoms with Gasteiger partial charge in [0.15, 0.2) is 0 Å². The first-order valence-electron chi connectivity index (χ1n) is 7.87. The van der Waals surface area contributed by atoms with Crippen molar-refractivity contribution < 1.29 is 0 Å². The highest BCUT2D eigenvalue weighted by molar-refractivity contribution is 5.48. The summed E-state index contributed by atoms with van der Waals surface area (Å²) < 4.78 is 0. The molecular weight excluding hydrogens is 274 g/mol. The molecular formula is C17H19N5. The van der Waals surface area contributed by atoms with Gasteiger partial charge in [-0.05, 0) is 43.9 Å². The van der Waals surface area contributed by atoms with Crippen LogP contribution in [-0.4, -0.2) is 28.1 Å². The number of nitrogens with zero attached hydrogens (tertiary/aromatic N) is 3. The Morgan fingerprint density at radius 2 is 2.05 bits per heavy atom. The van der Waals surface area contributed by atoms with Crippen LogP contribution in [0.2, 0.25) is 0 Å². The summed E-state index contributed by atoms with van der Waals surface area (Å²) in [5.41, 5.74) is 1.80. The van der Waals surface area contributed by atoms with Gasteiger partial charge in [-0.2, -0.15) is 5.26 Å². The molecule has 22 heavy (non-hydrogen) atoms. The minimum Gasteiger partial charge on any atom is -0.381 e. The third-order valence-electron chi connectivity index (χ3n) is 4.84. The first-order valence-corrected chi connectivity index (χ1v) is 7.87. The number of piperidine rings is 1. The predicted molar refractivity (Wildman–Crippen MR) is 85.7 cm³/mol. The summed E-state index contributed by atoms with van der Waals surface area (Å²) in [6.07, 6.45) is 10.4. The van der Waals surface area contributed by atoms with Gasteiger partial charge in [0.2, 0.25) is 0 Å². The van der Waals surface area contributed by atoms with Crippen LogP contribution in [0.3, 0.4) is 0 Å².